The number of carbonyl (C=O) groups excluding carboxylic acids is 1. The number of hydrazine groups is 1. The summed E-state index contributed by atoms with van der Waals surface area (Å²) in [5, 5.41) is 15.1. The monoisotopic (exact) mass is 562 g/mol. The van der Waals surface area contributed by atoms with Crippen molar-refractivity contribution in [2.24, 2.45) is 0 Å². The summed E-state index contributed by atoms with van der Waals surface area (Å²) >= 11 is 0. The van der Waals surface area contributed by atoms with Crippen molar-refractivity contribution in [1.82, 2.24) is 20.3 Å². The Morgan fingerprint density at radius 3 is 2.33 bits per heavy atom. The molecule has 2 atom stereocenters. The number of para-hydroxylation sites is 1. The second-order valence-electron chi connectivity index (χ2n) is 10.9. The van der Waals surface area contributed by atoms with Crippen LogP contribution in [0.25, 0.3) is 21.7 Å². The van der Waals surface area contributed by atoms with Gasteiger partial charge in [0.1, 0.15) is 6.04 Å². The first-order valence-electron chi connectivity index (χ1n) is 14.5. The molecule has 1 heterocycles. The first-order valence-corrected chi connectivity index (χ1v) is 14.5. The van der Waals surface area contributed by atoms with E-state index in [1.54, 1.807) is 4.90 Å². The number of benzene rings is 4. The molecule has 216 valence electrons. The Balaban J connectivity index is 1.43. The van der Waals surface area contributed by atoms with Crippen LogP contribution in [0, 0.1) is 0 Å². The molecule has 0 fully saturated rings. The van der Waals surface area contributed by atoms with Crippen molar-refractivity contribution >= 4 is 33.6 Å². The number of likely N-dealkylation sites (N-methyl/N-ethyl adjacent to an activating group) is 2. The molecule has 0 aliphatic heterocycles. The highest BCUT2D eigenvalue weighted by Crippen LogP contribution is 2.22. The topological polar surface area (TPSA) is 88.7 Å². The van der Waals surface area contributed by atoms with Crippen LogP contribution in [0.3, 0.4) is 0 Å². The summed E-state index contributed by atoms with van der Waals surface area (Å²) in [7, 11) is 1.83. The molecule has 5 rings (SSSR count). The minimum atomic E-state index is -0.887. The number of nitrogens with one attached hydrogen (secondary N) is 2. The number of fused-ring (bicyclic) bond motifs is 2. The molecule has 42 heavy (non-hydrogen) atoms. The molecule has 1 aromatic heterocycles. The number of carboxylic acids is 1. The summed E-state index contributed by atoms with van der Waals surface area (Å²) in [6.07, 6.45) is 2.86. The molecule has 7 heteroatoms. The van der Waals surface area contributed by atoms with E-state index in [-0.39, 0.29) is 12.3 Å². The Morgan fingerprint density at radius 1 is 0.857 bits per heavy atom. The predicted molar refractivity (Wildman–Crippen MR) is 168 cm³/mol. The number of aliphatic carboxylic acids is 1. The van der Waals surface area contributed by atoms with Crippen molar-refractivity contribution in [1.29, 1.82) is 0 Å². The van der Waals surface area contributed by atoms with Crippen molar-refractivity contribution < 1.29 is 14.7 Å². The van der Waals surface area contributed by atoms with Crippen LogP contribution in [0.15, 0.2) is 103 Å². The number of rotatable bonds is 13. The van der Waals surface area contributed by atoms with Crippen molar-refractivity contribution in [2.45, 2.75) is 44.8 Å². The van der Waals surface area contributed by atoms with Crippen molar-refractivity contribution in [3.05, 3.63) is 120 Å². The number of nitrogens with zero attached hydrogens (tertiary/aromatic N) is 2. The van der Waals surface area contributed by atoms with Crippen molar-refractivity contribution in [3.8, 4) is 0 Å². The van der Waals surface area contributed by atoms with Gasteiger partial charge < -0.3 is 15.0 Å². The molecule has 1 amide bonds. The average molecular weight is 563 g/mol. The predicted octanol–water partition coefficient (Wildman–Crippen LogP) is 5.80. The highest BCUT2D eigenvalue weighted by Gasteiger charge is 2.30. The van der Waals surface area contributed by atoms with Crippen LogP contribution in [0.5, 0.6) is 0 Å². The van der Waals surface area contributed by atoms with Crippen LogP contribution < -0.4 is 5.43 Å². The lowest BCUT2D eigenvalue weighted by Gasteiger charge is -2.36. The minimum absolute atomic E-state index is 0.0254. The van der Waals surface area contributed by atoms with Gasteiger partial charge in [-0.05, 0) is 46.4 Å². The Bertz CT molecular complexity index is 1650. The number of hydrogen-bond donors (Lipinski definition) is 3. The molecule has 0 aliphatic carbocycles. The molecule has 4 aromatic carbocycles. The second kappa shape index (κ2) is 13.5. The lowest BCUT2D eigenvalue weighted by Crippen LogP contribution is -2.57. The van der Waals surface area contributed by atoms with E-state index in [0.717, 1.165) is 38.4 Å². The zero-order valence-electron chi connectivity index (χ0n) is 24.2. The highest BCUT2D eigenvalue weighted by molar-refractivity contribution is 5.85. The number of carboxylic acid groups (broad SMARTS) is 1. The summed E-state index contributed by atoms with van der Waals surface area (Å²) in [6, 6.07) is 31.5. The van der Waals surface area contributed by atoms with Gasteiger partial charge in [-0.1, -0.05) is 97.9 Å². The molecule has 7 nitrogen and oxygen atoms in total. The van der Waals surface area contributed by atoms with Gasteiger partial charge in [0.25, 0.3) is 0 Å². The van der Waals surface area contributed by atoms with Gasteiger partial charge in [-0.3, -0.25) is 15.0 Å². The third-order valence-electron chi connectivity index (χ3n) is 7.79. The van der Waals surface area contributed by atoms with Gasteiger partial charge >= 0.3 is 5.97 Å². The molecule has 5 aromatic rings. The van der Waals surface area contributed by atoms with Gasteiger partial charge in [-0.25, -0.2) is 5.01 Å². The number of aromatic amines is 1. The fraction of sp³-hybridized carbons (Fsp3) is 0.257. The Hall–Kier alpha value is -4.46. The van der Waals surface area contributed by atoms with E-state index in [1.807, 2.05) is 91.9 Å². The van der Waals surface area contributed by atoms with Crippen LogP contribution in [-0.2, 0) is 29.0 Å². The largest absolute Gasteiger partial charge is 0.481 e. The number of amides is 1. The molecule has 0 spiro atoms. The number of aromatic nitrogens is 1. The Morgan fingerprint density at radius 2 is 1.57 bits per heavy atom. The zero-order chi connectivity index (χ0) is 29.5. The quantitative estimate of drug-likeness (QED) is 0.158. The van der Waals surface area contributed by atoms with E-state index in [0.29, 0.717) is 25.9 Å². The Labute approximate surface area is 246 Å². The standard InChI is InChI=1S/C35H38N4O3/c1-3-39(37-30(22-34(40)41)21-29-23-36-32-16-10-9-15-31(29)32)33(35(42)38(2)24-25-11-5-4-6-12-25)20-26-17-18-27-13-7-8-14-28(27)19-26/h4-19,23,30,33,36-37H,3,20-22,24H2,1-2H3,(H,40,41). The molecular weight excluding hydrogens is 524 g/mol. The zero-order valence-corrected chi connectivity index (χ0v) is 24.2. The molecular formula is C35H38N4O3. The first-order chi connectivity index (χ1) is 20.4. The van der Waals surface area contributed by atoms with Gasteiger partial charge in [0.05, 0.1) is 6.42 Å². The average Bonchev–Trinajstić information content (AvgIpc) is 3.41. The van der Waals surface area contributed by atoms with Gasteiger partial charge in [0.2, 0.25) is 5.91 Å². The van der Waals surface area contributed by atoms with Crippen LogP contribution in [-0.4, -0.2) is 57.6 Å². The molecule has 2 unspecified atom stereocenters. The summed E-state index contributed by atoms with van der Waals surface area (Å²) in [5.74, 6) is -0.912. The maximum Gasteiger partial charge on any atom is 0.304 e. The maximum absolute atomic E-state index is 14.1. The third-order valence-corrected chi connectivity index (χ3v) is 7.79. The van der Waals surface area contributed by atoms with Gasteiger partial charge in [-0.15, -0.1) is 0 Å². The summed E-state index contributed by atoms with van der Waals surface area (Å²) in [6.45, 7) is 3.00. The van der Waals surface area contributed by atoms with Gasteiger partial charge in [0, 0.05) is 43.3 Å². The van der Waals surface area contributed by atoms with Crippen LogP contribution in [0.4, 0.5) is 0 Å². The van der Waals surface area contributed by atoms with E-state index in [1.165, 1.54) is 0 Å². The lowest BCUT2D eigenvalue weighted by atomic mass is 10.00. The molecule has 0 radical (unpaired) electrons. The fourth-order valence-electron chi connectivity index (χ4n) is 5.69. The molecule has 0 aliphatic rings. The van der Waals surface area contributed by atoms with E-state index in [2.05, 4.69) is 40.7 Å². The van der Waals surface area contributed by atoms with E-state index in [4.69, 9.17) is 0 Å². The number of H-pyrrole nitrogens is 1. The van der Waals surface area contributed by atoms with E-state index in [9.17, 15) is 14.7 Å². The van der Waals surface area contributed by atoms with Gasteiger partial charge in [-0.2, -0.15) is 0 Å². The van der Waals surface area contributed by atoms with E-state index < -0.39 is 18.1 Å². The van der Waals surface area contributed by atoms with Gasteiger partial charge in [0.15, 0.2) is 0 Å². The molecule has 0 saturated heterocycles. The third kappa shape index (κ3) is 7.05. The molecule has 0 saturated carbocycles. The van der Waals surface area contributed by atoms with Crippen molar-refractivity contribution in [3.63, 3.8) is 0 Å². The number of hydrogen-bond acceptors (Lipinski definition) is 4. The maximum atomic E-state index is 14.1. The van der Waals surface area contributed by atoms with Crippen LogP contribution >= 0.6 is 0 Å². The highest BCUT2D eigenvalue weighted by atomic mass is 16.4. The Kier molecular flexibility index (Phi) is 9.31. The van der Waals surface area contributed by atoms with Crippen molar-refractivity contribution in [2.75, 3.05) is 13.6 Å². The normalized spacial score (nSPS) is 12.9. The van der Waals surface area contributed by atoms with E-state index >= 15 is 0 Å². The number of carbonyl (C=O) groups is 2. The smallest absolute Gasteiger partial charge is 0.304 e. The molecule has 0 bridgehead atoms. The fourth-order valence-corrected chi connectivity index (χ4v) is 5.69. The summed E-state index contributed by atoms with van der Waals surface area (Å²) in [5.41, 5.74) is 7.64. The summed E-state index contributed by atoms with van der Waals surface area (Å²) in [4.78, 5) is 31.1. The minimum Gasteiger partial charge on any atom is -0.481 e. The SMILES string of the molecule is CCN(NC(CC(=O)O)Cc1c[nH]c2ccccc12)C(Cc1ccc2ccccc2c1)C(=O)N(C)Cc1ccccc1. The lowest BCUT2D eigenvalue weighted by molar-refractivity contribution is -0.139. The van der Waals surface area contributed by atoms with Crippen LogP contribution in [0.1, 0.15) is 30.0 Å². The first kappa shape index (κ1) is 29.0. The summed E-state index contributed by atoms with van der Waals surface area (Å²) < 4.78 is 0. The molecule has 3 N–H and O–H groups in total. The second-order valence-corrected chi connectivity index (χ2v) is 10.9. The van der Waals surface area contributed by atoms with Crippen LogP contribution in [0.2, 0.25) is 0 Å².